The Morgan fingerprint density at radius 2 is 1.63 bits per heavy atom. The average molecular weight is 564 g/mol. The number of methoxy groups -OCH3 is 1. The molecule has 0 radical (unpaired) electrons. The smallest absolute Gasteiger partial charge is 0.186 e. The van der Waals surface area contributed by atoms with Gasteiger partial charge in [0.1, 0.15) is 23.0 Å². The molecule has 1 spiro atoms. The van der Waals surface area contributed by atoms with E-state index in [1.807, 2.05) is 4.90 Å². The van der Waals surface area contributed by atoms with Gasteiger partial charge in [-0.2, -0.15) is 0 Å². The second-order valence-corrected chi connectivity index (χ2v) is 11.0. The van der Waals surface area contributed by atoms with Crippen molar-refractivity contribution in [1.29, 1.82) is 0 Å². The summed E-state index contributed by atoms with van der Waals surface area (Å²) in [7, 11) is 1.52. The highest BCUT2D eigenvalue weighted by atomic mass is 35.5. The maximum Gasteiger partial charge on any atom is 0.186 e. The van der Waals surface area contributed by atoms with Crippen LogP contribution in [0.25, 0.3) is 6.08 Å². The van der Waals surface area contributed by atoms with E-state index in [2.05, 4.69) is 0 Å². The van der Waals surface area contributed by atoms with Crippen LogP contribution in [0.2, 0.25) is 5.02 Å². The Kier molecular flexibility index (Phi) is 5.73. The number of halogens is 2. The van der Waals surface area contributed by atoms with E-state index in [0.717, 1.165) is 0 Å². The average Bonchev–Trinajstić information content (AvgIpc) is 3.42. The van der Waals surface area contributed by atoms with Crippen LogP contribution >= 0.6 is 11.6 Å². The van der Waals surface area contributed by atoms with Crippen LogP contribution < -0.4 is 9.64 Å². The Morgan fingerprint density at radius 1 is 0.902 bits per heavy atom. The number of hydrogen-bond acceptors (Lipinski definition) is 5. The third-order valence-electron chi connectivity index (χ3n) is 8.60. The van der Waals surface area contributed by atoms with Crippen LogP contribution in [0, 0.1) is 11.2 Å². The first kappa shape index (κ1) is 25.4. The number of nitrogens with zero attached hydrogens (tertiary/aromatic N) is 1. The Balaban J connectivity index is 1.55. The highest BCUT2D eigenvalue weighted by Gasteiger charge is 2.71. The Labute approximate surface area is 240 Å². The fraction of sp³-hybridized carbons (Fsp3) is 0.147. The molecule has 7 rings (SSSR count). The standard InChI is InChI=1S/C34H23ClFNO4/c1-41-24-9-5-7-21(18-24)31(38)30-29(20-6-4-8-22(35)16-20)34(32(39)25-10-2-3-11-26(25)33(34)40)28-15-12-19-17-23(36)13-14-27(19)37(28)30/h2-18,28-30H,1H3/t28-,29+,30+/m1/s1. The van der Waals surface area contributed by atoms with Gasteiger partial charge in [-0.15, -0.1) is 0 Å². The van der Waals surface area contributed by atoms with E-state index in [9.17, 15) is 18.8 Å². The van der Waals surface area contributed by atoms with Crippen LogP contribution in [0.4, 0.5) is 10.1 Å². The third-order valence-corrected chi connectivity index (χ3v) is 8.83. The van der Waals surface area contributed by atoms with E-state index in [1.54, 1.807) is 91.0 Å². The predicted octanol–water partition coefficient (Wildman–Crippen LogP) is 6.80. The van der Waals surface area contributed by atoms with Gasteiger partial charge >= 0.3 is 0 Å². The molecule has 2 aliphatic heterocycles. The summed E-state index contributed by atoms with van der Waals surface area (Å²) in [5, 5.41) is 0.420. The number of ether oxygens (including phenoxy) is 1. The quantitative estimate of drug-likeness (QED) is 0.202. The van der Waals surface area contributed by atoms with Crippen LogP contribution in [0.1, 0.15) is 48.1 Å². The summed E-state index contributed by atoms with van der Waals surface area (Å²) >= 11 is 6.47. The number of rotatable bonds is 4. The molecular formula is C34H23ClFNO4. The molecule has 0 aromatic heterocycles. The lowest BCUT2D eigenvalue weighted by Gasteiger charge is -2.37. The van der Waals surface area contributed by atoms with E-state index < -0.39 is 29.2 Å². The second-order valence-electron chi connectivity index (χ2n) is 10.6. The molecule has 0 amide bonds. The number of carbonyl (C=O) groups excluding carboxylic acids is 3. The summed E-state index contributed by atoms with van der Waals surface area (Å²) < 4.78 is 19.8. The molecule has 2 heterocycles. The molecule has 0 saturated carbocycles. The molecule has 1 saturated heterocycles. The minimum Gasteiger partial charge on any atom is -0.497 e. The molecule has 7 heteroatoms. The zero-order chi connectivity index (χ0) is 28.5. The topological polar surface area (TPSA) is 63.7 Å². The lowest BCUT2D eigenvalue weighted by molar-refractivity contribution is 0.0666. The number of Topliss-reactive ketones (excluding diaryl/α,β-unsaturated/α-hetero) is 3. The summed E-state index contributed by atoms with van der Waals surface area (Å²) in [4.78, 5) is 45.8. The van der Waals surface area contributed by atoms with E-state index >= 15 is 0 Å². The fourth-order valence-corrected chi connectivity index (χ4v) is 7.17. The lowest BCUT2D eigenvalue weighted by atomic mass is 9.64. The summed E-state index contributed by atoms with van der Waals surface area (Å²) in [6, 6.07) is 23.1. The van der Waals surface area contributed by atoms with Crippen molar-refractivity contribution < 1.29 is 23.5 Å². The summed E-state index contributed by atoms with van der Waals surface area (Å²) in [6.45, 7) is 0. The maximum absolute atomic E-state index is 14.7. The van der Waals surface area contributed by atoms with Crippen molar-refractivity contribution in [2.24, 2.45) is 5.41 Å². The highest BCUT2D eigenvalue weighted by Crippen LogP contribution is 2.61. The molecule has 0 bridgehead atoms. The molecule has 0 unspecified atom stereocenters. The maximum atomic E-state index is 14.7. The highest BCUT2D eigenvalue weighted by molar-refractivity contribution is 6.33. The molecule has 202 valence electrons. The van der Waals surface area contributed by atoms with Crippen LogP contribution in [0.15, 0.2) is 97.1 Å². The van der Waals surface area contributed by atoms with Crippen molar-refractivity contribution in [3.63, 3.8) is 0 Å². The minimum absolute atomic E-state index is 0.294. The summed E-state index contributed by atoms with van der Waals surface area (Å²) in [5.41, 5.74) is 1.10. The van der Waals surface area contributed by atoms with Crippen molar-refractivity contribution in [2.75, 3.05) is 12.0 Å². The van der Waals surface area contributed by atoms with Crippen LogP contribution in [-0.4, -0.2) is 36.5 Å². The van der Waals surface area contributed by atoms with Gasteiger partial charge < -0.3 is 9.64 Å². The SMILES string of the molecule is COc1cccc(C(=O)[C@@H]2[C@H](c3cccc(Cl)c3)C3(C(=O)c4ccccc4C3=O)[C@H]3C=Cc4cc(F)ccc4N23)c1. The number of ketones is 3. The normalized spacial score (nSPS) is 21.5. The van der Waals surface area contributed by atoms with Crippen LogP contribution in [-0.2, 0) is 0 Å². The fourth-order valence-electron chi connectivity index (χ4n) is 6.97. The van der Waals surface area contributed by atoms with E-state index in [-0.39, 0.29) is 17.3 Å². The van der Waals surface area contributed by atoms with Crippen LogP contribution in [0.3, 0.4) is 0 Å². The second kappa shape index (κ2) is 9.25. The van der Waals surface area contributed by atoms with E-state index in [1.165, 1.54) is 19.2 Å². The van der Waals surface area contributed by atoms with Crippen molar-refractivity contribution in [1.82, 2.24) is 0 Å². The molecule has 4 aromatic rings. The molecule has 1 aliphatic carbocycles. The van der Waals surface area contributed by atoms with Crippen molar-refractivity contribution in [3.8, 4) is 5.75 Å². The summed E-state index contributed by atoms with van der Waals surface area (Å²) in [6.07, 6.45) is 3.50. The first-order valence-corrected chi connectivity index (χ1v) is 13.6. The van der Waals surface area contributed by atoms with Gasteiger partial charge in [0.05, 0.1) is 13.2 Å². The molecule has 3 aliphatic rings. The Hall–Kier alpha value is -4.55. The van der Waals surface area contributed by atoms with Gasteiger partial charge in [-0.25, -0.2) is 4.39 Å². The van der Waals surface area contributed by atoms with Crippen molar-refractivity contribution >= 4 is 40.7 Å². The van der Waals surface area contributed by atoms with Gasteiger partial charge in [-0.05, 0) is 48.0 Å². The zero-order valence-electron chi connectivity index (χ0n) is 21.9. The first-order chi connectivity index (χ1) is 19.9. The molecule has 0 N–H and O–H groups in total. The predicted molar refractivity (Wildman–Crippen MR) is 155 cm³/mol. The molecule has 3 atom stereocenters. The minimum atomic E-state index is -1.66. The monoisotopic (exact) mass is 563 g/mol. The Morgan fingerprint density at radius 3 is 2.34 bits per heavy atom. The zero-order valence-corrected chi connectivity index (χ0v) is 22.6. The summed E-state index contributed by atoms with van der Waals surface area (Å²) in [5.74, 6) is -1.80. The molecule has 4 aromatic carbocycles. The van der Waals surface area contributed by atoms with E-state index in [4.69, 9.17) is 16.3 Å². The first-order valence-electron chi connectivity index (χ1n) is 13.2. The van der Waals surface area contributed by atoms with Crippen molar-refractivity contribution in [3.05, 3.63) is 136 Å². The number of carbonyl (C=O) groups is 3. The Bertz CT molecular complexity index is 1780. The number of fused-ring (bicyclic) bond motifs is 5. The van der Waals surface area contributed by atoms with Gasteiger partial charge in [-0.1, -0.05) is 72.3 Å². The van der Waals surface area contributed by atoms with Gasteiger partial charge in [-0.3, -0.25) is 14.4 Å². The van der Waals surface area contributed by atoms with Gasteiger partial charge in [0.15, 0.2) is 17.3 Å². The van der Waals surface area contributed by atoms with Crippen LogP contribution in [0.5, 0.6) is 5.75 Å². The molecular weight excluding hydrogens is 541 g/mol. The molecule has 41 heavy (non-hydrogen) atoms. The molecule has 5 nitrogen and oxygen atoms in total. The van der Waals surface area contributed by atoms with Crippen molar-refractivity contribution in [2.45, 2.75) is 18.0 Å². The van der Waals surface area contributed by atoms with Gasteiger partial charge in [0.25, 0.3) is 0 Å². The number of anilines is 1. The van der Waals surface area contributed by atoms with Gasteiger partial charge in [0.2, 0.25) is 0 Å². The molecule has 1 fully saturated rings. The number of benzene rings is 4. The van der Waals surface area contributed by atoms with E-state index in [0.29, 0.717) is 44.3 Å². The number of hydrogen-bond donors (Lipinski definition) is 0. The largest absolute Gasteiger partial charge is 0.497 e. The lowest BCUT2D eigenvalue weighted by Crippen LogP contribution is -2.48. The van der Waals surface area contributed by atoms with Gasteiger partial charge in [0, 0.05) is 38.9 Å². The third kappa shape index (κ3) is 3.50.